The van der Waals surface area contributed by atoms with Gasteiger partial charge in [0.25, 0.3) is 0 Å². The van der Waals surface area contributed by atoms with E-state index in [-0.39, 0.29) is 24.9 Å². The van der Waals surface area contributed by atoms with Crippen LogP contribution >= 0.6 is 0 Å². The van der Waals surface area contributed by atoms with Crippen molar-refractivity contribution in [2.45, 2.75) is 44.1 Å². The lowest BCUT2D eigenvalue weighted by Gasteiger charge is -2.30. The molecule has 1 aliphatic carbocycles. The average molecular weight is 314 g/mol. The maximum Gasteiger partial charge on any atom is 0.391 e. The Bertz CT molecular complexity index is 527. The van der Waals surface area contributed by atoms with Crippen molar-refractivity contribution in [2.24, 2.45) is 5.92 Å². The van der Waals surface area contributed by atoms with Crippen molar-refractivity contribution in [3.05, 3.63) is 35.9 Å². The van der Waals surface area contributed by atoms with E-state index < -0.39 is 18.3 Å². The SMILES string of the molecule is O=C(NC1CCC(C(F)(F)F)CC1)N1OC1c1ccccc1. The van der Waals surface area contributed by atoms with Gasteiger partial charge in [-0.3, -0.25) is 0 Å². The van der Waals surface area contributed by atoms with Gasteiger partial charge in [-0.2, -0.15) is 18.2 Å². The Balaban J connectivity index is 1.46. The number of hydrogen-bond donors (Lipinski definition) is 1. The van der Waals surface area contributed by atoms with Crippen LogP contribution in [0.1, 0.15) is 37.5 Å². The maximum absolute atomic E-state index is 12.6. The third-order valence-electron chi connectivity index (χ3n) is 4.18. The van der Waals surface area contributed by atoms with Gasteiger partial charge in [-0.1, -0.05) is 30.3 Å². The topological polar surface area (TPSA) is 44.6 Å². The van der Waals surface area contributed by atoms with E-state index in [9.17, 15) is 18.0 Å². The first-order chi connectivity index (χ1) is 10.4. The minimum Gasteiger partial charge on any atom is -0.333 e. The lowest BCUT2D eigenvalue weighted by atomic mass is 9.86. The second kappa shape index (κ2) is 5.79. The monoisotopic (exact) mass is 314 g/mol. The molecule has 2 aliphatic rings. The molecule has 4 nitrogen and oxygen atoms in total. The molecule has 7 heteroatoms. The number of benzene rings is 1. The first-order valence-corrected chi connectivity index (χ1v) is 7.33. The number of hydroxylamine groups is 2. The van der Waals surface area contributed by atoms with Gasteiger partial charge in [-0.15, -0.1) is 0 Å². The predicted molar refractivity (Wildman–Crippen MR) is 72.4 cm³/mol. The van der Waals surface area contributed by atoms with Crippen LogP contribution in [0.4, 0.5) is 18.0 Å². The Morgan fingerprint density at radius 1 is 1.14 bits per heavy atom. The number of amides is 2. The molecule has 3 rings (SSSR count). The molecule has 0 radical (unpaired) electrons. The van der Waals surface area contributed by atoms with Crippen LogP contribution < -0.4 is 5.32 Å². The average Bonchev–Trinajstić information content (AvgIpc) is 3.28. The van der Waals surface area contributed by atoms with Crippen LogP contribution in [0.25, 0.3) is 0 Å². The maximum atomic E-state index is 12.6. The van der Waals surface area contributed by atoms with Gasteiger partial charge in [0.05, 0.1) is 5.92 Å². The number of carbonyl (C=O) groups excluding carboxylic acids is 1. The van der Waals surface area contributed by atoms with Gasteiger partial charge in [0.15, 0.2) is 0 Å². The highest BCUT2D eigenvalue weighted by molar-refractivity contribution is 5.75. The highest BCUT2D eigenvalue weighted by Crippen LogP contribution is 2.39. The molecule has 1 saturated carbocycles. The van der Waals surface area contributed by atoms with Crippen molar-refractivity contribution in [3.63, 3.8) is 0 Å². The lowest BCUT2D eigenvalue weighted by Crippen LogP contribution is -2.41. The molecule has 1 aromatic rings. The highest BCUT2D eigenvalue weighted by atomic mass is 19.4. The van der Waals surface area contributed by atoms with Gasteiger partial charge in [-0.25, -0.2) is 9.63 Å². The molecular formula is C15H17F3N2O2. The lowest BCUT2D eigenvalue weighted by molar-refractivity contribution is -0.182. The zero-order valence-electron chi connectivity index (χ0n) is 11.8. The fraction of sp³-hybridized carbons (Fsp3) is 0.533. The minimum absolute atomic E-state index is 0.0669. The van der Waals surface area contributed by atoms with Crippen LogP contribution in [0.2, 0.25) is 0 Å². The number of nitrogens with one attached hydrogen (secondary N) is 1. The molecule has 0 bridgehead atoms. The fourth-order valence-electron chi connectivity index (χ4n) is 2.85. The Morgan fingerprint density at radius 3 is 2.36 bits per heavy atom. The summed E-state index contributed by atoms with van der Waals surface area (Å²) in [6, 6.07) is 8.68. The first-order valence-electron chi connectivity index (χ1n) is 7.33. The summed E-state index contributed by atoms with van der Waals surface area (Å²) in [5, 5.41) is 3.96. The number of alkyl halides is 3. The van der Waals surface area contributed by atoms with Crippen LogP contribution in [-0.2, 0) is 4.84 Å². The van der Waals surface area contributed by atoms with Crippen LogP contribution in [0.5, 0.6) is 0 Å². The van der Waals surface area contributed by atoms with E-state index >= 15 is 0 Å². The van der Waals surface area contributed by atoms with Gasteiger partial charge in [-0.05, 0) is 25.7 Å². The summed E-state index contributed by atoms with van der Waals surface area (Å²) in [6.07, 6.45) is -3.70. The van der Waals surface area contributed by atoms with Gasteiger partial charge < -0.3 is 5.32 Å². The van der Waals surface area contributed by atoms with Gasteiger partial charge in [0, 0.05) is 11.6 Å². The summed E-state index contributed by atoms with van der Waals surface area (Å²) in [5.41, 5.74) is 0.874. The van der Waals surface area contributed by atoms with Crippen molar-refractivity contribution >= 4 is 6.03 Å². The van der Waals surface area contributed by atoms with Crippen molar-refractivity contribution in [1.82, 2.24) is 10.4 Å². The standard InChI is InChI=1S/C15H17F3N2O2/c16-15(17,18)11-6-8-12(9-7-11)19-14(21)20-13(22-20)10-4-2-1-3-5-10/h1-5,11-13H,6-9H2,(H,19,21). The third kappa shape index (κ3) is 3.35. The summed E-state index contributed by atoms with van der Waals surface area (Å²) in [7, 11) is 0. The summed E-state index contributed by atoms with van der Waals surface area (Å²) >= 11 is 0. The van der Waals surface area contributed by atoms with Crippen molar-refractivity contribution in [1.29, 1.82) is 0 Å². The van der Waals surface area contributed by atoms with E-state index in [2.05, 4.69) is 5.32 Å². The second-order valence-corrected chi connectivity index (χ2v) is 5.73. The third-order valence-corrected chi connectivity index (χ3v) is 4.18. The minimum atomic E-state index is -4.13. The van der Waals surface area contributed by atoms with Gasteiger partial charge >= 0.3 is 12.2 Å². The zero-order valence-corrected chi connectivity index (χ0v) is 11.8. The fourth-order valence-corrected chi connectivity index (χ4v) is 2.85. The number of nitrogens with zero attached hydrogens (tertiary/aromatic N) is 1. The summed E-state index contributed by atoms with van der Waals surface area (Å²) < 4.78 is 37.8. The molecule has 120 valence electrons. The number of carbonyl (C=O) groups is 1. The summed E-state index contributed by atoms with van der Waals surface area (Å²) in [6.45, 7) is 0. The highest BCUT2D eigenvalue weighted by Gasteiger charge is 2.45. The number of urea groups is 1. The van der Waals surface area contributed by atoms with E-state index in [1.54, 1.807) is 0 Å². The zero-order chi connectivity index (χ0) is 15.7. The summed E-state index contributed by atoms with van der Waals surface area (Å²) in [5.74, 6) is -1.24. The molecule has 0 spiro atoms. The molecule has 1 N–H and O–H groups in total. The first kappa shape index (κ1) is 15.1. The number of rotatable bonds is 2. The van der Waals surface area contributed by atoms with Crippen molar-refractivity contribution in [3.8, 4) is 0 Å². The molecule has 2 fully saturated rings. The Kier molecular flexibility index (Phi) is 3.99. The van der Waals surface area contributed by atoms with Gasteiger partial charge in [0.1, 0.15) is 0 Å². The second-order valence-electron chi connectivity index (χ2n) is 5.73. The van der Waals surface area contributed by atoms with E-state index in [4.69, 9.17) is 4.84 Å². The van der Waals surface area contributed by atoms with Gasteiger partial charge in [0.2, 0.25) is 6.23 Å². The molecule has 1 aliphatic heterocycles. The predicted octanol–water partition coefficient (Wildman–Crippen LogP) is 3.76. The van der Waals surface area contributed by atoms with E-state index in [0.717, 1.165) is 5.56 Å². The normalized spacial score (nSPS) is 28.3. The quantitative estimate of drug-likeness (QED) is 0.845. The largest absolute Gasteiger partial charge is 0.391 e. The number of halogens is 3. The molecule has 1 aromatic carbocycles. The molecule has 1 heterocycles. The van der Waals surface area contributed by atoms with Crippen molar-refractivity contribution in [2.75, 3.05) is 0 Å². The molecule has 2 amide bonds. The van der Waals surface area contributed by atoms with E-state index in [1.165, 1.54) is 5.06 Å². The Morgan fingerprint density at radius 2 is 1.77 bits per heavy atom. The Hall–Kier alpha value is -1.76. The molecule has 22 heavy (non-hydrogen) atoms. The Labute approximate surface area is 126 Å². The molecule has 0 aromatic heterocycles. The number of hydrogen-bond acceptors (Lipinski definition) is 2. The van der Waals surface area contributed by atoms with Crippen LogP contribution in [-0.4, -0.2) is 23.3 Å². The molecular weight excluding hydrogens is 297 g/mol. The van der Waals surface area contributed by atoms with Crippen LogP contribution in [0.15, 0.2) is 30.3 Å². The molecule has 1 saturated heterocycles. The molecule has 1 atom stereocenters. The van der Waals surface area contributed by atoms with Crippen LogP contribution in [0.3, 0.4) is 0 Å². The summed E-state index contributed by atoms with van der Waals surface area (Å²) in [4.78, 5) is 17.2. The van der Waals surface area contributed by atoms with E-state index in [0.29, 0.717) is 12.8 Å². The molecule has 1 unspecified atom stereocenters. The van der Waals surface area contributed by atoms with Crippen LogP contribution in [0, 0.1) is 5.92 Å². The smallest absolute Gasteiger partial charge is 0.333 e. The van der Waals surface area contributed by atoms with Crippen molar-refractivity contribution < 1.29 is 22.8 Å². The van der Waals surface area contributed by atoms with E-state index in [1.807, 2.05) is 30.3 Å².